The molecule has 2 aromatic heterocycles. The summed E-state index contributed by atoms with van der Waals surface area (Å²) < 4.78 is 6.00. The average Bonchev–Trinajstić information content (AvgIpc) is 2.90. The number of hydrogen-bond donors (Lipinski definition) is 1. The maximum atomic E-state index is 6.00. The summed E-state index contributed by atoms with van der Waals surface area (Å²) >= 11 is 1.61. The topological polar surface area (TPSA) is 50.3 Å². The highest BCUT2D eigenvalue weighted by atomic mass is 32.1. The van der Waals surface area contributed by atoms with Crippen LogP contribution in [0, 0.1) is 0 Å². The third-order valence-corrected chi connectivity index (χ3v) is 4.40. The van der Waals surface area contributed by atoms with Crippen LogP contribution in [0.1, 0.15) is 27.2 Å². The number of nitrogens with zero attached hydrogens (tertiary/aromatic N) is 3. The molecule has 0 amide bonds. The molecule has 0 fully saturated rings. The van der Waals surface area contributed by atoms with E-state index >= 15 is 0 Å². The second-order valence-electron chi connectivity index (χ2n) is 5.91. The number of anilines is 1. The molecule has 2 rings (SSSR count). The van der Waals surface area contributed by atoms with Crippen LogP contribution >= 0.6 is 11.3 Å². The van der Waals surface area contributed by atoms with Crippen LogP contribution in [0.2, 0.25) is 0 Å². The zero-order valence-corrected chi connectivity index (χ0v) is 14.3. The van der Waals surface area contributed by atoms with Gasteiger partial charge in [-0.05, 0) is 45.8 Å². The Morgan fingerprint density at radius 2 is 2.10 bits per heavy atom. The third kappa shape index (κ3) is 3.83. The summed E-state index contributed by atoms with van der Waals surface area (Å²) in [6.45, 7) is 7.85. The maximum Gasteiger partial charge on any atom is 0.227 e. The first-order valence-electron chi connectivity index (χ1n) is 7.23. The van der Waals surface area contributed by atoms with E-state index in [4.69, 9.17) is 4.74 Å². The Hall–Kier alpha value is -1.40. The molecule has 0 spiro atoms. The van der Waals surface area contributed by atoms with E-state index in [1.54, 1.807) is 11.3 Å². The van der Waals surface area contributed by atoms with Gasteiger partial charge in [0.1, 0.15) is 11.4 Å². The Labute approximate surface area is 130 Å². The Morgan fingerprint density at radius 1 is 1.33 bits per heavy atom. The SMILES string of the molecule is CCCNc1nc(OCC(C)(C)N(C)C)c2ccsc2n1. The average molecular weight is 308 g/mol. The lowest BCUT2D eigenvalue weighted by Crippen LogP contribution is -2.43. The Balaban J connectivity index is 2.22. The molecule has 5 nitrogen and oxygen atoms in total. The van der Waals surface area contributed by atoms with E-state index in [9.17, 15) is 0 Å². The molecular weight excluding hydrogens is 284 g/mol. The number of fused-ring (bicyclic) bond motifs is 1. The standard InChI is InChI=1S/C15H24N4OS/c1-6-8-16-14-17-12(11-7-9-21-13(11)18-14)20-10-15(2,3)19(4)5/h7,9H,6,8,10H2,1-5H3,(H,16,17,18). The van der Waals surface area contributed by atoms with Crippen LogP contribution in [0.4, 0.5) is 5.95 Å². The summed E-state index contributed by atoms with van der Waals surface area (Å²) in [4.78, 5) is 12.1. The molecule has 0 aliphatic heterocycles. The summed E-state index contributed by atoms with van der Waals surface area (Å²) in [5.41, 5.74) is -0.0513. The highest BCUT2D eigenvalue weighted by Crippen LogP contribution is 2.29. The Bertz CT molecular complexity index is 594. The number of rotatable bonds is 7. The van der Waals surface area contributed by atoms with Gasteiger partial charge in [-0.15, -0.1) is 11.3 Å². The lowest BCUT2D eigenvalue weighted by Gasteiger charge is -2.32. The van der Waals surface area contributed by atoms with Crippen molar-refractivity contribution in [3.63, 3.8) is 0 Å². The second kappa shape index (κ2) is 6.58. The van der Waals surface area contributed by atoms with Gasteiger partial charge in [-0.2, -0.15) is 4.98 Å². The minimum absolute atomic E-state index is 0.0513. The zero-order valence-electron chi connectivity index (χ0n) is 13.4. The minimum Gasteiger partial charge on any atom is -0.475 e. The van der Waals surface area contributed by atoms with Crippen molar-refractivity contribution in [2.75, 3.05) is 32.6 Å². The molecule has 0 atom stereocenters. The van der Waals surface area contributed by atoms with Gasteiger partial charge in [0, 0.05) is 12.1 Å². The van der Waals surface area contributed by atoms with Crippen molar-refractivity contribution in [2.45, 2.75) is 32.7 Å². The molecule has 0 aliphatic rings. The van der Waals surface area contributed by atoms with Crippen molar-refractivity contribution < 1.29 is 4.74 Å². The van der Waals surface area contributed by atoms with Crippen molar-refractivity contribution in [3.8, 4) is 5.88 Å². The third-order valence-electron chi connectivity index (χ3n) is 3.60. The number of thiophene rings is 1. The van der Waals surface area contributed by atoms with Gasteiger partial charge in [0.25, 0.3) is 0 Å². The quantitative estimate of drug-likeness (QED) is 0.851. The Kier molecular flexibility index (Phi) is 5.00. The van der Waals surface area contributed by atoms with Gasteiger partial charge in [0.05, 0.1) is 5.39 Å². The first-order chi connectivity index (χ1) is 9.94. The lowest BCUT2D eigenvalue weighted by molar-refractivity contribution is 0.112. The van der Waals surface area contributed by atoms with Gasteiger partial charge in [-0.1, -0.05) is 6.92 Å². The molecule has 2 heterocycles. The summed E-state index contributed by atoms with van der Waals surface area (Å²) in [5.74, 6) is 1.30. The van der Waals surface area contributed by atoms with Crippen LogP contribution in [0.3, 0.4) is 0 Å². The monoisotopic (exact) mass is 308 g/mol. The van der Waals surface area contributed by atoms with E-state index in [2.05, 4.69) is 55.1 Å². The highest BCUT2D eigenvalue weighted by Gasteiger charge is 2.22. The van der Waals surface area contributed by atoms with Gasteiger partial charge in [-0.3, -0.25) is 0 Å². The van der Waals surface area contributed by atoms with E-state index in [-0.39, 0.29) is 5.54 Å². The van der Waals surface area contributed by atoms with E-state index in [1.807, 2.05) is 11.4 Å². The molecule has 0 saturated heterocycles. The van der Waals surface area contributed by atoms with E-state index in [0.717, 1.165) is 23.2 Å². The molecule has 6 heteroatoms. The minimum atomic E-state index is -0.0513. The van der Waals surface area contributed by atoms with Crippen molar-refractivity contribution in [3.05, 3.63) is 11.4 Å². The maximum absolute atomic E-state index is 6.00. The number of aromatic nitrogens is 2. The number of ether oxygens (including phenoxy) is 1. The fourth-order valence-corrected chi connectivity index (χ4v) is 2.38. The predicted octanol–water partition coefficient (Wildman–Crippen LogP) is 3.23. The molecule has 116 valence electrons. The summed E-state index contributed by atoms with van der Waals surface area (Å²) in [6, 6.07) is 2.02. The number of hydrogen-bond acceptors (Lipinski definition) is 6. The molecule has 0 saturated carbocycles. The molecule has 1 N–H and O–H groups in total. The molecule has 21 heavy (non-hydrogen) atoms. The van der Waals surface area contributed by atoms with Crippen molar-refractivity contribution in [1.29, 1.82) is 0 Å². The van der Waals surface area contributed by atoms with Gasteiger partial charge < -0.3 is 15.0 Å². The smallest absolute Gasteiger partial charge is 0.227 e. The molecule has 0 unspecified atom stereocenters. The van der Waals surface area contributed by atoms with Crippen molar-refractivity contribution in [2.24, 2.45) is 0 Å². The van der Waals surface area contributed by atoms with Crippen LogP contribution in [-0.4, -0.2) is 47.7 Å². The highest BCUT2D eigenvalue weighted by molar-refractivity contribution is 7.16. The van der Waals surface area contributed by atoms with Crippen molar-refractivity contribution in [1.82, 2.24) is 14.9 Å². The first kappa shape index (κ1) is 16.0. The fourth-order valence-electron chi connectivity index (χ4n) is 1.63. The van der Waals surface area contributed by atoms with Gasteiger partial charge in [0.2, 0.25) is 11.8 Å². The van der Waals surface area contributed by atoms with E-state index < -0.39 is 0 Å². The van der Waals surface area contributed by atoms with Crippen LogP contribution < -0.4 is 10.1 Å². The molecular formula is C15H24N4OS. The van der Waals surface area contributed by atoms with Crippen LogP contribution in [-0.2, 0) is 0 Å². The largest absolute Gasteiger partial charge is 0.475 e. The van der Waals surface area contributed by atoms with Gasteiger partial charge >= 0.3 is 0 Å². The summed E-state index contributed by atoms with van der Waals surface area (Å²) in [6.07, 6.45) is 1.04. The zero-order chi connectivity index (χ0) is 15.5. The van der Waals surface area contributed by atoms with E-state index in [1.165, 1.54) is 0 Å². The lowest BCUT2D eigenvalue weighted by atomic mass is 10.1. The summed E-state index contributed by atoms with van der Waals surface area (Å²) in [5, 5.41) is 6.23. The van der Waals surface area contributed by atoms with Crippen molar-refractivity contribution >= 4 is 27.5 Å². The fraction of sp³-hybridized carbons (Fsp3) is 0.600. The molecule has 0 bridgehead atoms. The van der Waals surface area contributed by atoms with Crippen LogP contribution in [0.5, 0.6) is 5.88 Å². The van der Waals surface area contributed by atoms with Crippen LogP contribution in [0.15, 0.2) is 11.4 Å². The van der Waals surface area contributed by atoms with Gasteiger partial charge in [-0.25, -0.2) is 4.98 Å². The normalized spacial score (nSPS) is 12.1. The van der Waals surface area contributed by atoms with E-state index in [0.29, 0.717) is 18.4 Å². The number of nitrogens with one attached hydrogen (secondary N) is 1. The number of likely N-dealkylation sites (N-methyl/N-ethyl adjacent to an activating group) is 1. The van der Waals surface area contributed by atoms with Crippen LogP contribution in [0.25, 0.3) is 10.2 Å². The van der Waals surface area contributed by atoms with Gasteiger partial charge in [0.15, 0.2) is 0 Å². The predicted molar refractivity (Wildman–Crippen MR) is 89.5 cm³/mol. The molecule has 0 radical (unpaired) electrons. The second-order valence-corrected chi connectivity index (χ2v) is 6.81. The molecule has 0 aromatic carbocycles. The summed E-state index contributed by atoms with van der Waals surface area (Å²) in [7, 11) is 4.11. The first-order valence-corrected chi connectivity index (χ1v) is 8.11. The molecule has 0 aliphatic carbocycles. The molecule has 2 aromatic rings. The Morgan fingerprint density at radius 3 is 2.76 bits per heavy atom.